The molecule has 0 radical (unpaired) electrons. The molecule has 0 aliphatic rings. The summed E-state index contributed by atoms with van der Waals surface area (Å²) in [6.45, 7) is 8.08. The van der Waals surface area contributed by atoms with E-state index in [1.807, 2.05) is 0 Å². The van der Waals surface area contributed by atoms with Crippen LogP contribution in [0.3, 0.4) is 0 Å². The summed E-state index contributed by atoms with van der Waals surface area (Å²) in [5, 5.41) is 0. The summed E-state index contributed by atoms with van der Waals surface area (Å²) in [4.78, 5) is 23.2. The predicted octanol–water partition coefficient (Wildman–Crippen LogP) is 6.39. The van der Waals surface area contributed by atoms with Crippen LogP contribution >= 0.6 is 0 Å². The largest absolute Gasteiger partial charge is 0.466 e. The summed E-state index contributed by atoms with van der Waals surface area (Å²) < 4.78 is 21.6. The fourth-order valence-electron chi connectivity index (χ4n) is 3.20. The number of hydrogen-bond acceptors (Lipinski definition) is 6. The van der Waals surface area contributed by atoms with Crippen molar-refractivity contribution >= 4 is 11.9 Å². The minimum Gasteiger partial charge on any atom is -0.466 e. The standard InChI is InChI=1S/C26H50O6/c1-3-5-7-15-21-31-25(27)17-11-9-13-19-29-23-24-30-20-14-10-12-18-26(28)32-22-16-8-6-4-2/h3-24H2,1-2H3. The second kappa shape index (κ2) is 26.1. The molecule has 0 bridgehead atoms. The Morgan fingerprint density at radius 1 is 0.438 bits per heavy atom. The van der Waals surface area contributed by atoms with E-state index in [2.05, 4.69) is 13.8 Å². The molecule has 190 valence electrons. The summed E-state index contributed by atoms with van der Waals surface area (Å²) in [6, 6.07) is 0. The molecule has 0 unspecified atom stereocenters. The zero-order chi connectivity index (χ0) is 23.5. The maximum Gasteiger partial charge on any atom is 0.305 e. The van der Waals surface area contributed by atoms with Gasteiger partial charge in [0, 0.05) is 26.1 Å². The zero-order valence-electron chi connectivity index (χ0n) is 21.0. The van der Waals surface area contributed by atoms with Gasteiger partial charge in [0.1, 0.15) is 0 Å². The molecule has 0 amide bonds. The van der Waals surface area contributed by atoms with Gasteiger partial charge >= 0.3 is 11.9 Å². The lowest BCUT2D eigenvalue weighted by molar-refractivity contribution is -0.144. The SMILES string of the molecule is CCCCCCOC(=O)CCCCCOCCOCCCCCC(=O)OCCCCCC. The molecule has 0 aromatic carbocycles. The third kappa shape index (κ3) is 25.1. The van der Waals surface area contributed by atoms with Crippen LogP contribution in [0, 0.1) is 0 Å². The van der Waals surface area contributed by atoms with Crippen LogP contribution < -0.4 is 0 Å². The Bertz CT molecular complexity index is 375. The lowest BCUT2D eigenvalue weighted by atomic mass is 10.2. The van der Waals surface area contributed by atoms with Crippen molar-refractivity contribution < 1.29 is 28.5 Å². The summed E-state index contributed by atoms with van der Waals surface area (Å²) in [5.41, 5.74) is 0. The highest BCUT2D eigenvalue weighted by molar-refractivity contribution is 5.69. The van der Waals surface area contributed by atoms with Crippen LogP contribution in [0.2, 0.25) is 0 Å². The van der Waals surface area contributed by atoms with Crippen LogP contribution in [-0.2, 0) is 28.5 Å². The van der Waals surface area contributed by atoms with E-state index in [4.69, 9.17) is 18.9 Å². The van der Waals surface area contributed by atoms with E-state index >= 15 is 0 Å². The second-order valence-electron chi connectivity index (χ2n) is 8.41. The quantitative estimate of drug-likeness (QED) is 0.117. The van der Waals surface area contributed by atoms with E-state index in [-0.39, 0.29) is 11.9 Å². The van der Waals surface area contributed by atoms with Gasteiger partial charge in [-0.3, -0.25) is 9.59 Å². The molecule has 0 spiro atoms. The first kappa shape index (κ1) is 30.9. The molecule has 0 aliphatic carbocycles. The molecule has 0 fully saturated rings. The van der Waals surface area contributed by atoms with Crippen molar-refractivity contribution in [3.8, 4) is 0 Å². The smallest absolute Gasteiger partial charge is 0.305 e. The molecule has 0 N–H and O–H groups in total. The molecule has 6 heteroatoms. The van der Waals surface area contributed by atoms with Crippen LogP contribution in [0.15, 0.2) is 0 Å². The molecular weight excluding hydrogens is 408 g/mol. The van der Waals surface area contributed by atoms with Crippen molar-refractivity contribution in [2.75, 3.05) is 39.6 Å². The van der Waals surface area contributed by atoms with Gasteiger partial charge in [-0.1, -0.05) is 65.2 Å². The number of carbonyl (C=O) groups excluding carboxylic acids is 2. The van der Waals surface area contributed by atoms with Gasteiger partial charge in [0.25, 0.3) is 0 Å². The highest BCUT2D eigenvalue weighted by Gasteiger charge is 2.03. The van der Waals surface area contributed by atoms with E-state index in [0.29, 0.717) is 52.5 Å². The fourth-order valence-corrected chi connectivity index (χ4v) is 3.20. The van der Waals surface area contributed by atoms with Crippen LogP contribution in [0.5, 0.6) is 0 Å². The summed E-state index contributed by atoms with van der Waals surface area (Å²) in [5.74, 6) is -0.148. The van der Waals surface area contributed by atoms with Gasteiger partial charge in [-0.2, -0.15) is 0 Å². The van der Waals surface area contributed by atoms with Crippen LogP contribution in [0.25, 0.3) is 0 Å². The van der Waals surface area contributed by atoms with Crippen molar-refractivity contribution in [3.05, 3.63) is 0 Å². The Balaban J connectivity index is 3.19. The molecule has 0 rings (SSSR count). The highest BCUT2D eigenvalue weighted by Crippen LogP contribution is 2.05. The predicted molar refractivity (Wildman–Crippen MR) is 129 cm³/mol. The first-order valence-corrected chi connectivity index (χ1v) is 13.2. The number of esters is 2. The first-order valence-electron chi connectivity index (χ1n) is 13.2. The fraction of sp³-hybridized carbons (Fsp3) is 0.923. The molecular formula is C26H50O6. The van der Waals surface area contributed by atoms with Crippen molar-refractivity contribution in [3.63, 3.8) is 0 Å². The van der Waals surface area contributed by atoms with Gasteiger partial charge < -0.3 is 18.9 Å². The van der Waals surface area contributed by atoms with Crippen LogP contribution in [0.4, 0.5) is 0 Å². The minimum absolute atomic E-state index is 0.0740. The summed E-state index contributed by atoms with van der Waals surface area (Å²) >= 11 is 0. The molecule has 0 saturated carbocycles. The third-order valence-electron chi connectivity index (χ3n) is 5.23. The zero-order valence-corrected chi connectivity index (χ0v) is 21.0. The van der Waals surface area contributed by atoms with E-state index < -0.39 is 0 Å². The number of rotatable bonds is 25. The number of unbranched alkanes of at least 4 members (excludes halogenated alkanes) is 10. The Kier molecular flexibility index (Phi) is 25.2. The van der Waals surface area contributed by atoms with Crippen LogP contribution in [-0.4, -0.2) is 51.6 Å². The maximum atomic E-state index is 11.6. The Morgan fingerprint density at radius 3 is 1.22 bits per heavy atom. The molecule has 32 heavy (non-hydrogen) atoms. The molecule has 0 atom stereocenters. The molecule has 0 aromatic heterocycles. The number of carbonyl (C=O) groups is 2. The molecule has 0 aliphatic heterocycles. The number of ether oxygens (including phenoxy) is 4. The molecule has 0 saturated heterocycles. The van der Waals surface area contributed by atoms with Gasteiger partial charge in [0.05, 0.1) is 26.4 Å². The van der Waals surface area contributed by atoms with E-state index in [1.165, 1.54) is 25.7 Å². The Hall–Kier alpha value is -1.14. The van der Waals surface area contributed by atoms with Gasteiger partial charge in [0.2, 0.25) is 0 Å². The average Bonchev–Trinajstić information content (AvgIpc) is 2.79. The average molecular weight is 459 g/mol. The molecule has 0 heterocycles. The van der Waals surface area contributed by atoms with E-state index in [1.54, 1.807) is 0 Å². The van der Waals surface area contributed by atoms with Gasteiger partial charge in [0.15, 0.2) is 0 Å². The normalized spacial score (nSPS) is 10.9. The second-order valence-corrected chi connectivity index (χ2v) is 8.41. The van der Waals surface area contributed by atoms with Gasteiger partial charge in [-0.25, -0.2) is 0 Å². The van der Waals surface area contributed by atoms with Crippen LogP contribution in [0.1, 0.15) is 117 Å². The monoisotopic (exact) mass is 458 g/mol. The van der Waals surface area contributed by atoms with Crippen molar-refractivity contribution in [1.29, 1.82) is 0 Å². The first-order chi connectivity index (χ1) is 15.7. The Morgan fingerprint density at radius 2 is 0.812 bits per heavy atom. The lowest BCUT2D eigenvalue weighted by Crippen LogP contribution is -2.08. The Labute approximate surface area is 197 Å². The summed E-state index contributed by atoms with van der Waals surface area (Å²) in [6.07, 6.45) is 15.6. The van der Waals surface area contributed by atoms with Gasteiger partial charge in [-0.05, 0) is 38.5 Å². The van der Waals surface area contributed by atoms with E-state index in [9.17, 15) is 9.59 Å². The van der Waals surface area contributed by atoms with Crippen molar-refractivity contribution in [2.45, 2.75) is 117 Å². The minimum atomic E-state index is -0.0740. The highest BCUT2D eigenvalue weighted by atomic mass is 16.5. The molecule has 0 aromatic rings. The lowest BCUT2D eigenvalue weighted by Gasteiger charge is -2.07. The number of hydrogen-bond donors (Lipinski definition) is 0. The molecule has 6 nitrogen and oxygen atoms in total. The van der Waals surface area contributed by atoms with Gasteiger partial charge in [-0.15, -0.1) is 0 Å². The van der Waals surface area contributed by atoms with Crippen molar-refractivity contribution in [1.82, 2.24) is 0 Å². The third-order valence-corrected chi connectivity index (χ3v) is 5.23. The maximum absolute atomic E-state index is 11.6. The van der Waals surface area contributed by atoms with E-state index in [0.717, 1.165) is 64.2 Å². The topological polar surface area (TPSA) is 71.1 Å². The summed E-state index contributed by atoms with van der Waals surface area (Å²) in [7, 11) is 0. The van der Waals surface area contributed by atoms with Crippen molar-refractivity contribution in [2.24, 2.45) is 0 Å².